The molecule has 0 bridgehead atoms. The van der Waals surface area contributed by atoms with E-state index in [1.807, 2.05) is 0 Å². The summed E-state index contributed by atoms with van der Waals surface area (Å²) in [6, 6.07) is 0.604. The first-order valence-corrected chi connectivity index (χ1v) is 6.68. The summed E-state index contributed by atoms with van der Waals surface area (Å²) >= 11 is 0. The molecule has 0 saturated heterocycles. The third-order valence-corrected chi connectivity index (χ3v) is 2.75. The molecule has 0 amide bonds. The van der Waals surface area contributed by atoms with Crippen molar-refractivity contribution >= 4 is 0 Å². The number of rotatable bonds is 10. The molecule has 1 atom stereocenters. The van der Waals surface area contributed by atoms with E-state index in [4.69, 9.17) is 6.42 Å². The number of hydrogen-bond donors (Lipinski definition) is 1. The average Bonchev–Trinajstić information content (AvgIpc) is 2.28. The van der Waals surface area contributed by atoms with Crippen LogP contribution in [0.3, 0.4) is 0 Å². The molecule has 94 valence electrons. The number of terminal acetylenes is 1. The van der Waals surface area contributed by atoms with Crippen LogP contribution in [0.5, 0.6) is 0 Å². The van der Waals surface area contributed by atoms with E-state index >= 15 is 0 Å². The molecule has 0 aromatic heterocycles. The van der Waals surface area contributed by atoms with Crippen molar-refractivity contribution in [3.8, 4) is 12.3 Å². The van der Waals surface area contributed by atoms with Gasteiger partial charge >= 0.3 is 0 Å². The van der Waals surface area contributed by atoms with Crippen molar-refractivity contribution in [1.29, 1.82) is 0 Å². The third-order valence-electron chi connectivity index (χ3n) is 2.75. The Bertz CT molecular complexity index is 184. The minimum absolute atomic E-state index is 0.604. The van der Waals surface area contributed by atoms with Gasteiger partial charge in [0, 0.05) is 12.6 Å². The van der Waals surface area contributed by atoms with E-state index in [0.29, 0.717) is 6.04 Å². The lowest BCUT2D eigenvalue weighted by Crippen LogP contribution is -2.43. The second kappa shape index (κ2) is 11.0. The molecule has 0 rings (SSSR count). The van der Waals surface area contributed by atoms with Gasteiger partial charge in [-0.2, -0.15) is 0 Å². The molecule has 0 aliphatic carbocycles. The molecule has 0 heterocycles. The van der Waals surface area contributed by atoms with E-state index in [9.17, 15) is 0 Å². The van der Waals surface area contributed by atoms with E-state index in [-0.39, 0.29) is 0 Å². The highest BCUT2D eigenvalue weighted by Crippen LogP contribution is 2.07. The van der Waals surface area contributed by atoms with Crippen LogP contribution in [-0.4, -0.2) is 37.1 Å². The van der Waals surface area contributed by atoms with Gasteiger partial charge in [-0.15, -0.1) is 6.42 Å². The Kier molecular flexibility index (Phi) is 10.6. The van der Waals surface area contributed by atoms with Crippen LogP contribution in [0.25, 0.3) is 0 Å². The van der Waals surface area contributed by atoms with E-state index < -0.39 is 0 Å². The Labute approximate surface area is 102 Å². The van der Waals surface area contributed by atoms with Gasteiger partial charge in [0.15, 0.2) is 0 Å². The third kappa shape index (κ3) is 6.87. The van der Waals surface area contributed by atoms with Gasteiger partial charge in [0.2, 0.25) is 0 Å². The summed E-state index contributed by atoms with van der Waals surface area (Å²) in [5.74, 6) is 2.78. The summed E-state index contributed by atoms with van der Waals surface area (Å²) in [5.41, 5.74) is 0. The van der Waals surface area contributed by atoms with Crippen LogP contribution >= 0.6 is 0 Å². The Morgan fingerprint density at radius 1 is 1.19 bits per heavy atom. The molecule has 16 heavy (non-hydrogen) atoms. The Hall–Kier alpha value is -0.520. The fourth-order valence-electron chi connectivity index (χ4n) is 1.99. The molecule has 2 heteroatoms. The molecule has 0 saturated carbocycles. The fraction of sp³-hybridized carbons (Fsp3) is 0.857. The van der Waals surface area contributed by atoms with Gasteiger partial charge in [0.25, 0.3) is 0 Å². The molecule has 0 spiro atoms. The van der Waals surface area contributed by atoms with Crippen molar-refractivity contribution in [3.63, 3.8) is 0 Å². The SMILES string of the molecule is C#CCN(CCC)C(CCC)CNCCC. The topological polar surface area (TPSA) is 15.3 Å². The number of nitrogens with zero attached hydrogens (tertiary/aromatic N) is 1. The van der Waals surface area contributed by atoms with Crippen molar-refractivity contribution < 1.29 is 0 Å². The first kappa shape index (κ1) is 15.5. The Morgan fingerprint density at radius 3 is 2.44 bits per heavy atom. The van der Waals surface area contributed by atoms with Gasteiger partial charge in [0.05, 0.1) is 6.54 Å². The zero-order chi connectivity index (χ0) is 12.2. The largest absolute Gasteiger partial charge is 0.315 e. The van der Waals surface area contributed by atoms with Crippen LogP contribution in [-0.2, 0) is 0 Å². The molecule has 2 nitrogen and oxygen atoms in total. The van der Waals surface area contributed by atoms with Crippen LogP contribution in [0.15, 0.2) is 0 Å². The summed E-state index contributed by atoms with van der Waals surface area (Å²) in [7, 11) is 0. The van der Waals surface area contributed by atoms with E-state index in [1.165, 1.54) is 25.7 Å². The van der Waals surface area contributed by atoms with Crippen LogP contribution in [0.4, 0.5) is 0 Å². The van der Waals surface area contributed by atoms with Crippen molar-refractivity contribution in [3.05, 3.63) is 0 Å². The molecule has 1 N–H and O–H groups in total. The molecular weight excluding hydrogens is 196 g/mol. The van der Waals surface area contributed by atoms with Crippen molar-refractivity contribution in [2.45, 2.75) is 52.5 Å². The normalized spacial score (nSPS) is 12.7. The second-order valence-corrected chi connectivity index (χ2v) is 4.32. The quantitative estimate of drug-likeness (QED) is 0.453. The molecule has 0 radical (unpaired) electrons. The van der Waals surface area contributed by atoms with E-state index in [2.05, 4.69) is 36.9 Å². The number of hydrogen-bond acceptors (Lipinski definition) is 2. The summed E-state index contributed by atoms with van der Waals surface area (Å²) in [6.07, 6.45) is 10.3. The molecule has 0 aliphatic heterocycles. The van der Waals surface area contributed by atoms with Gasteiger partial charge in [-0.1, -0.05) is 33.1 Å². The molecular formula is C14H28N2. The lowest BCUT2D eigenvalue weighted by Gasteiger charge is -2.30. The maximum atomic E-state index is 5.44. The van der Waals surface area contributed by atoms with Gasteiger partial charge in [-0.05, 0) is 32.4 Å². The Morgan fingerprint density at radius 2 is 1.94 bits per heavy atom. The highest BCUT2D eigenvalue weighted by atomic mass is 15.2. The summed E-state index contributed by atoms with van der Waals surface area (Å²) < 4.78 is 0. The average molecular weight is 224 g/mol. The predicted octanol–water partition coefficient (Wildman–Crippen LogP) is 2.50. The first-order chi connectivity index (χ1) is 7.79. The van der Waals surface area contributed by atoms with Crippen LogP contribution in [0.1, 0.15) is 46.5 Å². The standard InChI is InChI=1S/C14H28N2/c1-5-9-14(13-15-10-6-2)16(11-7-3)12-8-4/h3,14-15H,5-6,8-13H2,1-2,4H3. The van der Waals surface area contributed by atoms with Gasteiger partial charge in [0.1, 0.15) is 0 Å². The monoisotopic (exact) mass is 224 g/mol. The minimum Gasteiger partial charge on any atom is -0.315 e. The van der Waals surface area contributed by atoms with Gasteiger partial charge < -0.3 is 5.32 Å². The van der Waals surface area contributed by atoms with E-state index in [1.54, 1.807) is 0 Å². The lowest BCUT2D eigenvalue weighted by molar-refractivity contribution is 0.203. The smallest absolute Gasteiger partial charge is 0.0601 e. The Balaban J connectivity index is 4.14. The number of nitrogens with one attached hydrogen (secondary N) is 1. The summed E-state index contributed by atoms with van der Waals surface area (Å²) in [4.78, 5) is 2.44. The van der Waals surface area contributed by atoms with Crippen LogP contribution < -0.4 is 5.32 Å². The first-order valence-electron chi connectivity index (χ1n) is 6.68. The van der Waals surface area contributed by atoms with Gasteiger partial charge in [-0.3, -0.25) is 4.90 Å². The summed E-state index contributed by atoms with van der Waals surface area (Å²) in [6.45, 7) is 10.7. The highest BCUT2D eigenvalue weighted by molar-refractivity contribution is 4.90. The molecule has 0 aromatic rings. The molecule has 0 fully saturated rings. The molecule has 0 aliphatic rings. The molecule has 1 unspecified atom stereocenters. The van der Waals surface area contributed by atoms with Crippen molar-refractivity contribution in [2.24, 2.45) is 0 Å². The lowest BCUT2D eigenvalue weighted by atomic mass is 10.1. The van der Waals surface area contributed by atoms with Crippen molar-refractivity contribution in [2.75, 3.05) is 26.2 Å². The fourth-order valence-corrected chi connectivity index (χ4v) is 1.99. The van der Waals surface area contributed by atoms with Crippen LogP contribution in [0.2, 0.25) is 0 Å². The van der Waals surface area contributed by atoms with Crippen molar-refractivity contribution in [1.82, 2.24) is 10.2 Å². The van der Waals surface area contributed by atoms with Crippen LogP contribution in [0, 0.1) is 12.3 Å². The maximum absolute atomic E-state index is 5.44. The zero-order valence-electron chi connectivity index (χ0n) is 11.3. The zero-order valence-corrected chi connectivity index (χ0v) is 11.3. The van der Waals surface area contributed by atoms with Gasteiger partial charge in [-0.25, -0.2) is 0 Å². The second-order valence-electron chi connectivity index (χ2n) is 4.32. The maximum Gasteiger partial charge on any atom is 0.0601 e. The highest BCUT2D eigenvalue weighted by Gasteiger charge is 2.15. The summed E-state index contributed by atoms with van der Waals surface area (Å²) in [5, 5.41) is 3.51. The van der Waals surface area contributed by atoms with E-state index in [0.717, 1.165) is 26.2 Å². The predicted molar refractivity (Wildman–Crippen MR) is 72.6 cm³/mol. The molecule has 0 aromatic carbocycles. The minimum atomic E-state index is 0.604.